The Bertz CT molecular complexity index is 372. The maximum atomic E-state index is 11.4. The number of carboxylic acid groups (broad SMARTS) is 1. The van der Waals surface area contributed by atoms with Crippen molar-refractivity contribution in [2.75, 3.05) is 0 Å². The number of amides is 1. The molecule has 0 aromatic carbocycles. The molecular weight excluding hydrogens is 200 g/mol. The van der Waals surface area contributed by atoms with Crippen LogP contribution in [-0.4, -0.2) is 23.0 Å². The highest BCUT2D eigenvalue weighted by atomic mass is 16.4. The van der Waals surface area contributed by atoms with E-state index in [4.69, 9.17) is 15.3 Å². The van der Waals surface area contributed by atoms with Crippen molar-refractivity contribution in [1.82, 2.24) is 5.32 Å². The van der Waals surface area contributed by atoms with Crippen LogP contribution in [0.2, 0.25) is 0 Å². The van der Waals surface area contributed by atoms with Gasteiger partial charge < -0.3 is 20.6 Å². The van der Waals surface area contributed by atoms with E-state index in [1.807, 2.05) is 0 Å². The van der Waals surface area contributed by atoms with Crippen LogP contribution in [-0.2, 0) is 11.3 Å². The van der Waals surface area contributed by atoms with Crippen molar-refractivity contribution in [3.8, 4) is 0 Å². The molecule has 1 atom stereocenters. The van der Waals surface area contributed by atoms with Gasteiger partial charge in [0.05, 0.1) is 6.54 Å². The van der Waals surface area contributed by atoms with Crippen molar-refractivity contribution < 1.29 is 19.1 Å². The monoisotopic (exact) mass is 212 g/mol. The second-order valence-corrected chi connectivity index (χ2v) is 3.00. The zero-order chi connectivity index (χ0) is 11.4. The minimum Gasteiger partial charge on any atom is -0.480 e. The summed E-state index contributed by atoms with van der Waals surface area (Å²) in [7, 11) is 0. The number of aliphatic carboxylic acids is 1. The Labute approximate surface area is 86.1 Å². The molecule has 82 valence electrons. The van der Waals surface area contributed by atoms with Gasteiger partial charge >= 0.3 is 5.97 Å². The Hall–Kier alpha value is -1.82. The van der Waals surface area contributed by atoms with Gasteiger partial charge in [0, 0.05) is 0 Å². The summed E-state index contributed by atoms with van der Waals surface area (Å²) in [6.45, 7) is 1.56. The van der Waals surface area contributed by atoms with E-state index >= 15 is 0 Å². The molecule has 0 bridgehead atoms. The first kappa shape index (κ1) is 11.3. The van der Waals surface area contributed by atoms with E-state index in [0.29, 0.717) is 5.76 Å². The van der Waals surface area contributed by atoms with E-state index in [-0.39, 0.29) is 12.3 Å². The van der Waals surface area contributed by atoms with Crippen LogP contribution in [0, 0.1) is 0 Å². The number of hydrogen-bond donors (Lipinski definition) is 3. The van der Waals surface area contributed by atoms with Crippen LogP contribution >= 0.6 is 0 Å². The molecular formula is C9H12N2O4. The van der Waals surface area contributed by atoms with Crippen molar-refractivity contribution in [2.45, 2.75) is 19.5 Å². The lowest BCUT2D eigenvalue weighted by atomic mass is 10.3. The number of carboxylic acids is 1. The number of rotatable bonds is 4. The summed E-state index contributed by atoms with van der Waals surface area (Å²) in [6.07, 6.45) is 0. The molecule has 1 amide bonds. The lowest BCUT2D eigenvalue weighted by Gasteiger charge is -2.06. The Kier molecular flexibility index (Phi) is 3.46. The Balaban J connectivity index is 2.65. The summed E-state index contributed by atoms with van der Waals surface area (Å²) in [5.41, 5.74) is 5.29. The molecule has 0 aliphatic rings. The largest absolute Gasteiger partial charge is 0.480 e. The lowest BCUT2D eigenvalue weighted by molar-refractivity contribution is -0.138. The predicted molar refractivity (Wildman–Crippen MR) is 51.2 cm³/mol. The molecule has 0 radical (unpaired) electrons. The molecule has 1 rings (SSSR count). The normalized spacial score (nSPS) is 12.1. The first-order chi connectivity index (χ1) is 7.04. The fourth-order valence-corrected chi connectivity index (χ4v) is 0.939. The van der Waals surface area contributed by atoms with E-state index < -0.39 is 17.9 Å². The van der Waals surface area contributed by atoms with Crippen LogP contribution < -0.4 is 11.1 Å². The van der Waals surface area contributed by atoms with Crippen LogP contribution in [0.4, 0.5) is 0 Å². The molecule has 1 heterocycles. The maximum Gasteiger partial charge on any atom is 0.325 e. The van der Waals surface area contributed by atoms with Crippen LogP contribution in [0.3, 0.4) is 0 Å². The second-order valence-electron chi connectivity index (χ2n) is 3.00. The number of hydrogen-bond acceptors (Lipinski definition) is 4. The smallest absolute Gasteiger partial charge is 0.325 e. The van der Waals surface area contributed by atoms with Crippen molar-refractivity contribution in [1.29, 1.82) is 0 Å². The standard InChI is InChI=1S/C9H12N2O4/c1-5(9(13)14)11-8(12)7-3-2-6(4-10)15-7/h2-3,5H,4,10H2,1H3,(H,11,12)(H,13,14)/t5-/m0/s1. The summed E-state index contributed by atoms with van der Waals surface area (Å²) in [5, 5.41) is 10.8. The number of nitrogens with one attached hydrogen (secondary N) is 1. The average molecular weight is 212 g/mol. The molecule has 0 saturated carbocycles. The molecule has 0 spiro atoms. The summed E-state index contributed by atoms with van der Waals surface area (Å²) >= 11 is 0. The Morgan fingerprint density at radius 3 is 2.73 bits per heavy atom. The van der Waals surface area contributed by atoms with Crippen molar-refractivity contribution in [2.24, 2.45) is 5.73 Å². The van der Waals surface area contributed by atoms with Gasteiger partial charge in [0.15, 0.2) is 5.76 Å². The van der Waals surface area contributed by atoms with Gasteiger partial charge in [0.2, 0.25) is 0 Å². The number of carbonyl (C=O) groups excluding carboxylic acids is 1. The first-order valence-electron chi connectivity index (χ1n) is 4.37. The minimum absolute atomic E-state index is 0.0588. The van der Waals surface area contributed by atoms with Gasteiger partial charge in [0.1, 0.15) is 11.8 Å². The summed E-state index contributed by atoms with van der Waals surface area (Å²) in [5.74, 6) is -1.13. The summed E-state index contributed by atoms with van der Waals surface area (Å²) < 4.78 is 5.05. The van der Waals surface area contributed by atoms with Crippen LogP contribution in [0.1, 0.15) is 23.2 Å². The SMILES string of the molecule is C[C@H](NC(=O)c1ccc(CN)o1)C(=O)O. The number of nitrogens with two attached hydrogens (primary N) is 1. The fraction of sp³-hybridized carbons (Fsp3) is 0.333. The van der Waals surface area contributed by atoms with Crippen LogP contribution in [0.15, 0.2) is 16.5 Å². The molecule has 0 saturated heterocycles. The van der Waals surface area contributed by atoms with Gasteiger partial charge in [0.25, 0.3) is 5.91 Å². The van der Waals surface area contributed by atoms with E-state index in [0.717, 1.165) is 0 Å². The van der Waals surface area contributed by atoms with Gasteiger partial charge in [-0.2, -0.15) is 0 Å². The van der Waals surface area contributed by atoms with Gasteiger partial charge in [-0.15, -0.1) is 0 Å². The second kappa shape index (κ2) is 4.61. The van der Waals surface area contributed by atoms with Gasteiger partial charge in [-0.1, -0.05) is 0 Å². The van der Waals surface area contributed by atoms with Crippen molar-refractivity contribution in [3.63, 3.8) is 0 Å². The van der Waals surface area contributed by atoms with Gasteiger partial charge in [-0.25, -0.2) is 0 Å². The topological polar surface area (TPSA) is 106 Å². The number of furan rings is 1. The quantitative estimate of drug-likeness (QED) is 0.648. The third-order valence-corrected chi connectivity index (χ3v) is 1.80. The Morgan fingerprint density at radius 2 is 2.27 bits per heavy atom. The predicted octanol–water partition coefficient (Wildman–Crippen LogP) is -0.0588. The number of carbonyl (C=O) groups is 2. The molecule has 0 aliphatic carbocycles. The third-order valence-electron chi connectivity index (χ3n) is 1.80. The highest BCUT2D eigenvalue weighted by molar-refractivity contribution is 5.94. The zero-order valence-corrected chi connectivity index (χ0v) is 8.19. The van der Waals surface area contributed by atoms with Crippen LogP contribution in [0.5, 0.6) is 0 Å². The molecule has 0 aliphatic heterocycles. The molecule has 15 heavy (non-hydrogen) atoms. The third kappa shape index (κ3) is 2.81. The summed E-state index contributed by atoms with van der Waals surface area (Å²) in [4.78, 5) is 21.8. The molecule has 6 heteroatoms. The molecule has 1 aromatic heterocycles. The highest BCUT2D eigenvalue weighted by Crippen LogP contribution is 2.06. The molecule has 6 nitrogen and oxygen atoms in total. The maximum absolute atomic E-state index is 11.4. The molecule has 1 aromatic rings. The zero-order valence-electron chi connectivity index (χ0n) is 8.19. The van der Waals surface area contributed by atoms with Crippen molar-refractivity contribution in [3.05, 3.63) is 23.7 Å². The minimum atomic E-state index is -1.10. The molecule has 0 fully saturated rings. The van der Waals surface area contributed by atoms with E-state index in [2.05, 4.69) is 5.32 Å². The highest BCUT2D eigenvalue weighted by Gasteiger charge is 2.17. The molecule has 4 N–H and O–H groups in total. The van der Waals surface area contributed by atoms with E-state index in [1.165, 1.54) is 13.0 Å². The first-order valence-corrected chi connectivity index (χ1v) is 4.37. The van der Waals surface area contributed by atoms with Gasteiger partial charge in [-0.3, -0.25) is 9.59 Å². The van der Waals surface area contributed by atoms with Crippen molar-refractivity contribution >= 4 is 11.9 Å². The van der Waals surface area contributed by atoms with E-state index in [1.54, 1.807) is 6.07 Å². The van der Waals surface area contributed by atoms with Gasteiger partial charge in [-0.05, 0) is 19.1 Å². The lowest BCUT2D eigenvalue weighted by Crippen LogP contribution is -2.38. The fourth-order valence-electron chi connectivity index (χ4n) is 0.939. The summed E-state index contributed by atoms with van der Waals surface area (Å²) in [6, 6.07) is 2.07. The van der Waals surface area contributed by atoms with E-state index in [9.17, 15) is 9.59 Å². The van der Waals surface area contributed by atoms with Crippen LogP contribution in [0.25, 0.3) is 0 Å². The Morgan fingerprint density at radius 1 is 1.60 bits per heavy atom. The average Bonchev–Trinajstić information content (AvgIpc) is 2.65. The molecule has 0 unspecified atom stereocenters.